The molecule has 0 aliphatic heterocycles. The average Bonchev–Trinajstić information content (AvgIpc) is 2.49. The van der Waals surface area contributed by atoms with Crippen LogP contribution in [0.2, 0.25) is 0 Å². The van der Waals surface area contributed by atoms with Crippen LogP contribution in [0, 0.1) is 0 Å². The lowest BCUT2D eigenvalue weighted by atomic mass is 10.3. The van der Waals surface area contributed by atoms with Gasteiger partial charge in [-0.2, -0.15) is 0 Å². The number of fused-ring (bicyclic) bond motifs is 1. The number of nitrogens with zero attached hydrogens (tertiary/aromatic N) is 1. The molecule has 0 aliphatic rings. The van der Waals surface area contributed by atoms with E-state index in [1.165, 1.54) is 0 Å². The van der Waals surface area contributed by atoms with Crippen LogP contribution in [-0.2, 0) is 6.42 Å². The molecule has 2 rings (SSSR count). The Hall–Kier alpha value is -0.870. The van der Waals surface area contributed by atoms with Crippen LogP contribution in [0.25, 0.3) is 11.0 Å². The van der Waals surface area contributed by atoms with Crippen molar-refractivity contribution in [2.24, 2.45) is 5.73 Å². The van der Waals surface area contributed by atoms with Crippen molar-refractivity contribution >= 4 is 26.9 Å². The lowest BCUT2D eigenvalue weighted by Crippen LogP contribution is -2.01. The Labute approximate surface area is 84.1 Å². The molecule has 0 radical (unpaired) electrons. The highest BCUT2D eigenvalue weighted by molar-refractivity contribution is 9.10. The smallest absolute Gasteiger partial charge is 0.151 e. The third-order valence-corrected chi connectivity index (χ3v) is 2.39. The van der Waals surface area contributed by atoms with Gasteiger partial charge in [0.05, 0.1) is 4.47 Å². The molecule has 0 saturated carbocycles. The fourth-order valence-electron chi connectivity index (χ4n) is 1.25. The molecule has 2 N–H and O–H groups in total. The van der Waals surface area contributed by atoms with E-state index in [1.807, 2.05) is 6.07 Å². The number of hydrogen-bond donors (Lipinski definition) is 1. The van der Waals surface area contributed by atoms with Gasteiger partial charge < -0.3 is 10.2 Å². The minimum absolute atomic E-state index is 0.602. The molecule has 2 aromatic heterocycles. The minimum atomic E-state index is 0.602. The molecule has 2 aromatic rings. The standard InChI is InChI=1S/C9H9BrN2O/c10-8-5-12-4-6-3-7(1-2-11)13-9(6)8/h3-5H,1-2,11H2. The molecule has 4 heteroatoms. The molecule has 0 aliphatic carbocycles. The molecule has 0 bridgehead atoms. The van der Waals surface area contributed by atoms with Crippen molar-refractivity contribution < 1.29 is 4.42 Å². The predicted molar refractivity (Wildman–Crippen MR) is 54.5 cm³/mol. The summed E-state index contributed by atoms with van der Waals surface area (Å²) in [6, 6.07) is 1.97. The molecule has 0 aromatic carbocycles. The van der Waals surface area contributed by atoms with E-state index in [0.717, 1.165) is 27.6 Å². The van der Waals surface area contributed by atoms with Gasteiger partial charge in [-0.25, -0.2) is 0 Å². The first-order chi connectivity index (χ1) is 6.31. The summed E-state index contributed by atoms with van der Waals surface area (Å²) in [5.41, 5.74) is 6.28. The number of nitrogens with two attached hydrogens (primary N) is 1. The van der Waals surface area contributed by atoms with Crippen LogP contribution in [0.5, 0.6) is 0 Å². The van der Waals surface area contributed by atoms with E-state index in [-0.39, 0.29) is 0 Å². The largest absolute Gasteiger partial charge is 0.460 e. The summed E-state index contributed by atoms with van der Waals surface area (Å²) in [6.07, 6.45) is 4.27. The summed E-state index contributed by atoms with van der Waals surface area (Å²) in [4.78, 5) is 4.05. The van der Waals surface area contributed by atoms with Crippen molar-refractivity contribution in [1.29, 1.82) is 0 Å². The van der Waals surface area contributed by atoms with Gasteiger partial charge in [-0.3, -0.25) is 4.98 Å². The number of aromatic nitrogens is 1. The fraction of sp³-hybridized carbons (Fsp3) is 0.222. The maximum absolute atomic E-state index is 5.57. The first-order valence-corrected chi connectivity index (χ1v) is 4.82. The van der Waals surface area contributed by atoms with E-state index in [9.17, 15) is 0 Å². The topological polar surface area (TPSA) is 52.0 Å². The van der Waals surface area contributed by atoms with Crippen molar-refractivity contribution in [3.63, 3.8) is 0 Å². The number of rotatable bonds is 2. The molecule has 0 unspecified atom stereocenters. The molecule has 3 nitrogen and oxygen atoms in total. The van der Waals surface area contributed by atoms with Crippen molar-refractivity contribution in [2.45, 2.75) is 6.42 Å². The summed E-state index contributed by atoms with van der Waals surface area (Å²) >= 11 is 3.37. The zero-order chi connectivity index (χ0) is 9.26. The van der Waals surface area contributed by atoms with Crippen LogP contribution in [0.4, 0.5) is 0 Å². The van der Waals surface area contributed by atoms with E-state index in [4.69, 9.17) is 10.2 Å². The van der Waals surface area contributed by atoms with Crippen LogP contribution in [0.1, 0.15) is 5.76 Å². The second kappa shape index (κ2) is 3.47. The third-order valence-electron chi connectivity index (χ3n) is 1.82. The highest BCUT2D eigenvalue weighted by atomic mass is 79.9. The molecule has 0 fully saturated rings. The summed E-state index contributed by atoms with van der Waals surface area (Å²) in [6.45, 7) is 0.602. The summed E-state index contributed by atoms with van der Waals surface area (Å²) < 4.78 is 6.45. The lowest BCUT2D eigenvalue weighted by molar-refractivity contribution is 0.548. The molecule has 0 spiro atoms. The van der Waals surface area contributed by atoms with E-state index >= 15 is 0 Å². The van der Waals surface area contributed by atoms with E-state index < -0.39 is 0 Å². The molecule has 0 saturated heterocycles. The minimum Gasteiger partial charge on any atom is -0.460 e. The second-order valence-electron chi connectivity index (χ2n) is 2.79. The lowest BCUT2D eigenvalue weighted by Gasteiger charge is -1.90. The monoisotopic (exact) mass is 240 g/mol. The van der Waals surface area contributed by atoms with E-state index in [1.54, 1.807) is 12.4 Å². The maximum Gasteiger partial charge on any atom is 0.151 e. The van der Waals surface area contributed by atoms with Gasteiger partial charge in [0.2, 0.25) is 0 Å². The maximum atomic E-state index is 5.57. The highest BCUT2D eigenvalue weighted by Gasteiger charge is 2.05. The predicted octanol–water partition coefficient (Wildman–Crippen LogP) is 2.09. The van der Waals surface area contributed by atoms with Crippen LogP contribution < -0.4 is 5.73 Å². The van der Waals surface area contributed by atoms with Gasteiger partial charge in [0.15, 0.2) is 5.58 Å². The fourth-order valence-corrected chi connectivity index (χ4v) is 1.68. The van der Waals surface area contributed by atoms with Crippen molar-refractivity contribution in [1.82, 2.24) is 4.98 Å². The zero-order valence-electron chi connectivity index (χ0n) is 6.96. The Balaban J connectivity index is 2.55. The van der Waals surface area contributed by atoms with Gasteiger partial charge in [-0.05, 0) is 28.5 Å². The number of hydrogen-bond acceptors (Lipinski definition) is 3. The van der Waals surface area contributed by atoms with Crippen molar-refractivity contribution in [3.05, 3.63) is 28.7 Å². The Bertz CT molecular complexity index is 424. The van der Waals surface area contributed by atoms with E-state index in [0.29, 0.717) is 6.54 Å². The first-order valence-electron chi connectivity index (χ1n) is 4.03. The van der Waals surface area contributed by atoms with Crippen LogP contribution in [-0.4, -0.2) is 11.5 Å². The number of furan rings is 1. The van der Waals surface area contributed by atoms with Crippen molar-refractivity contribution in [2.75, 3.05) is 6.54 Å². The highest BCUT2D eigenvalue weighted by Crippen LogP contribution is 2.25. The van der Waals surface area contributed by atoms with Gasteiger partial charge in [0, 0.05) is 24.2 Å². The molecular formula is C9H9BrN2O. The Morgan fingerprint density at radius 2 is 2.31 bits per heavy atom. The SMILES string of the molecule is NCCc1cc2cncc(Br)c2o1. The molecular weight excluding hydrogens is 232 g/mol. The third kappa shape index (κ3) is 1.59. The summed E-state index contributed by atoms with van der Waals surface area (Å²) in [7, 11) is 0. The second-order valence-corrected chi connectivity index (χ2v) is 3.65. The zero-order valence-corrected chi connectivity index (χ0v) is 8.54. The molecule has 0 amide bonds. The van der Waals surface area contributed by atoms with E-state index in [2.05, 4.69) is 20.9 Å². The number of halogens is 1. The van der Waals surface area contributed by atoms with Gasteiger partial charge in [0.1, 0.15) is 5.76 Å². The van der Waals surface area contributed by atoms with Crippen molar-refractivity contribution in [3.8, 4) is 0 Å². The van der Waals surface area contributed by atoms with Crippen LogP contribution >= 0.6 is 15.9 Å². The summed E-state index contributed by atoms with van der Waals surface area (Å²) in [5.74, 6) is 0.909. The normalized spacial score (nSPS) is 10.9. The van der Waals surface area contributed by atoms with Crippen LogP contribution in [0.15, 0.2) is 27.3 Å². The van der Waals surface area contributed by atoms with Gasteiger partial charge >= 0.3 is 0 Å². The summed E-state index contributed by atoms with van der Waals surface area (Å²) in [5, 5.41) is 1.01. The quantitative estimate of drug-likeness (QED) is 0.875. The van der Waals surface area contributed by atoms with Gasteiger partial charge in [0.25, 0.3) is 0 Å². The Morgan fingerprint density at radius 1 is 1.46 bits per heavy atom. The molecule has 2 heterocycles. The number of pyridine rings is 1. The molecule has 0 atom stereocenters. The Morgan fingerprint density at radius 3 is 3.00 bits per heavy atom. The van der Waals surface area contributed by atoms with Gasteiger partial charge in [-0.15, -0.1) is 0 Å². The average molecular weight is 241 g/mol. The van der Waals surface area contributed by atoms with Gasteiger partial charge in [-0.1, -0.05) is 0 Å². The van der Waals surface area contributed by atoms with Crippen LogP contribution in [0.3, 0.4) is 0 Å². The first kappa shape index (κ1) is 8.72. The molecule has 68 valence electrons. The molecule has 13 heavy (non-hydrogen) atoms. The Kier molecular flexibility index (Phi) is 2.33.